The van der Waals surface area contributed by atoms with Gasteiger partial charge in [0.25, 0.3) is 5.91 Å². The van der Waals surface area contributed by atoms with Gasteiger partial charge in [-0.25, -0.2) is 13.1 Å². The first-order valence-electron chi connectivity index (χ1n) is 3.70. The molecule has 0 bridgehead atoms. The summed E-state index contributed by atoms with van der Waals surface area (Å²) in [7, 11) is -3.42. The highest BCUT2D eigenvalue weighted by Crippen LogP contribution is 1.95. The average molecular weight is 317 g/mol. The van der Waals surface area contributed by atoms with Gasteiger partial charge in [0.2, 0.25) is 10.0 Å². The lowest BCUT2D eigenvalue weighted by molar-refractivity contribution is -0.114. The first kappa shape index (κ1) is 12.9. The van der Waals surface area contributed by atoms with E-state index in [1.807, 2.05) is 4.72 Å². The molecule has 0 heterocycles. The van der Waals surface area contributed by atoms with Crippen molar-refractivity contribution in [2.75, 3.05) is 10.7 Å². The van der Waals surface area contributed by atoms with E-state index in [4.69, 9.17) is 0 Å². The van der Waals surface area contributed by atoms with Crippen molar-refractivity contribution in [2.45, 2.75) is 12.8 Å². The third kappa shape index (κ3) is 9.81. The lowest BCUT2D eigenvalue weighted by atomic mass is 10.3. The lowest BCUT2D eigenvalue weighted by Gasteiger charge is -1.96. The van der Waals surface area contributed by atoms with Gasteiger partial charge in [0.15, 0.2) is 0 Å². The highest BCUT2D eigenvalue weighted by atomic mass is 127. The average Bonchev–Trinajstić information content (AvgIpc) is 1.94. The number of amides is 1. The van der Waals surface area contributed by atoms with E-state index in [0.29, 0.717) is 0 Å². The fourth-order valence-corrected chi connectivity index (χ4v) is 1.48. The molecule has 0 aliphatic carbocycles. The lowest BCUT2D eigenvalue weighted by Crippen LogP contribution is -2.27. The van der Waals surface area contributed by atoms with E-state index >= 15 is 0 Å². The van der Waals surface area contributed by atoms with Crippen molar-refractivity contribution in [3.63, 3.8) is 0 Å². The Kier molecular flexibility index (Phi) is 6.31. The van der Waals surface area contributed by atoms with E-state index in [9.17, 15) is 13.2 Å². The fourth-order valence-electron chi connectivity index (χ4n) is 0.602. The van der Waals surface area contributed by atoms with Crippen molar-refractivity contribution < 1.29 is 13.2 Å². The molecule has 0 aromatic rings. The summed E-state index contributed by atoms with van der Waals surface area (Å²) >= 11 is 2.24. The molecule has 0 fully saturated rings. The molecule has 0 aliphatic heterocycles. The summed E-state index contributed by atoms with van der Waals surface area (Å²) in [5.41, 5.74) is 0. The Balaban J connectivity index is 3.82. The Morgan fingerprint density at radius 2 is 2.15 bits per heavy atom. The maximum Gasteiger partial charge on any atom is 0.257 e. The summed E-state index contributed by atoms with van der Waals surface area (Å²) in [6, 6.07) is 0. The smallest absolute Gasteiger partial charge is 0.257 e. The SMILES string of the molecule is CS(=O)(=O)NC(=O)/C=C/CCCI. The number of unbranched alkanes of at least 4 members (excludes halogenated alkanes) is 1. The number of rotatable bonds is 5. The Hall–Kier alpha value is -0.110. The van der Waals surface area contributed by atoms with Gasteiger partial charge in [0.1, 0.15) is 0 Å². The molecule has 0 aromatic heterocycles. The van der Waals surface area contributed by atoms with Crippen molar-refractivity contribution in [3.05, 3.63) is 12.2 Å². The molecular weight excluding hydrogens is 305 g/mol. The van der Waals surface area contributed by atoms with Crippen LogP contribution in [0.15, 0.2) is 12.2 Å². The molecule has 0 rings (SSSR count). The van der Waals surface area contributed by atoms with Crippen molar-refractivity contribution in [1.82, 2.24) is 4.72 Å². The highest BCUT2D eigenvalue weighted by molar-refractivity contribution is 14.1. The largest absolute Gasteiger partial charge is 0.269 e. The molecule has 1 amide bonds. The predicted molar refractivity (Wildman–Crippen MR) is 60.2 cm³/mol. The van der Waals surface area contributed by atoms with Crippen LogP contribution < -0.4 is 4.72 Å². The van der Waals surface area contributed by atoms with Gasteiger partial charge in [-0.3, -0.25) is 4.79 Å². The Labute approximate surface area is 92.0 Å². The first-order chi connectivity index (χ1) is 5.95. The van der Waals surface area contributed by atoms with Crippen LogP contribution in [0.3, 0.4) is 0 Å². The molecule has 0 saturated carbocycles. The van der Waals surface area contributed by atoms with Crippen LogP contribution >= 0.6 is 22.6 Å². The van der Waals surface area contributed by atoms with Crippen LogP contribution in [0.25, 0.3) is 0 Å². The molecule has 6 heteroatoms. The minimum Gasteiger partial charge on any atom is -0.269 e. The van der Waals surface area contributed by atoms with Gasteiger partial charge in [-0.05, 0) is 23.3 Å². The summed E-state index contributed by atoms with van der Waals surface area (Å²) in [4.78, 5) is 10.8. The van der Waals surface area contributed by atoms with Crippen LogP contribution in [0, 0.1) is 0 Å². The Morgan fingerprint density at radius 1 is 1.54 bits per heavy atom. The van der Waals surface area contributed by atoms with Gasteiger partial charge in [-0.15, -0.1) is 0 Å². The van der Waals surface area contributed by atoms with Gasteiger partial charge >= 0.3 is 0 Å². The van der Waals surface area contributed by atoms with Crippen LogP contribution in [0.5, 0.6) is 0 Å². The van der Waals surface area contributed by atoms with Gasteiger partial charge in [0, 0.05) is 0 Å². The minimum atomic E-state index is -3.42. The molecule has 1 N–H and O–H groups in total. The van der Waals surface area contributed by atoms with Gasteiger partial charge in [0.05, 0.1) is 6.26 Å². The molecule has 0 spiro atoms. The van der Waals surface area contributed by atoms with Gasteiger partial charge in [-0.1, -0.05) is 28.7 Å². The van der Waals surface area contributed by atoms with Crippen LogP contribution in [0.2, 0.25) is 0 Å². The molecular formula is C7H12INO3S. The number of carbonyl (C=O) groups excluding carboxylic acids is 1. The standard InChI is InChI=1S/C7H12INO3S/c1-13(11,12)9-7(10)5-3-2-4-6-8/h3,5H,2,4,6H2,1H3,(H,9,10)/b5-3+. The third-order valence-electron chi connectivity index (χ3n) is 1.06. The van der Waals surface area contributed by atoms with Gasteiger partial charge < -0.3 is 0 Å². The number of halogens is 1. The highest BCUT2D eigenvalue weighted by Gasteiger charge is 2.03. The Morgan fingerprint density at radius 3 is 2.62 bits per heavy atom. The van der Waals surface area contributed by atoms with Crippen LogP contribution in [0.4, 0.5) is 0 Å². The number of hydrogen-bond donors (Lipinski definition) is 1. The van der Waals surface area contributed by atoms with E-state index in [1.54, 1.807) is 6.08 Å². The summed E-state index contributed by atoms with van der Waals surface area (Å²) in [6.07, 6.45) is 5.64. The normalized spacial score (nSPS) is 11.8. The molecule has 0 saturated heterocycles. The molecule has 13 heavy (non-hydrogen) atoms. The quantitative estimate of drug-likeness (QED) is 0.354. The second-order valence-electron chi connectivity index (χ2n) is 2.47. The molecule has 76 valence electrons. The number of hydrogen-bond acceptors (Lipinski definition) is 3. The maximum atomic E-state index is 10.8. The molecule has 0 radical (unpaired) electrons. The van der Waals surface area contributed by atoms with E-state index in [1.165, 1.54) is 6.08 Å². The summed E-state index contributed by atoms with van der Waals surface area (Å²) in [6.45, 7) is 0. The summed E-state index contributed by atoms with van der Waals surface area (Å²) < 4.78 is 24.0. The molecule has 0 unspecified atom stereocenters. The van der Waals surface area contributed by atoms with Crippen LogP contribution in [0.1, 0.15) is 12.8 Å². The summed E-state index contributed by atoms with van der Waals surface area (Å²) in [5, 5.41) is 0. The molecule has 0 aliphatic rings. The minimum absolute atomic E-state index is 0.587. The van der Waals surface area contributed by atoms with E-state index in [2.05, 4.69) is 22.6 Å². The van der Waals surface area contributed by atoms with E-state index in [-0.39, 0.29) is 0 Å². The summed E-state index contributed by atoms with van der Waals surface area (Å²) in [5.74, 6) is -0.587. The zero-order chi connectivity index (χ0) is 10.3. The maximum absolute atomic E-state index is 10.8. The van der Waals surface area contributed by atoms with Crippen LogP contribution in [-0.4, -0.2) is 25.0 Å². The van der Waals surface area contributed by atoms with E-state index < -0.39 is 15.9 Å². The number of carbonyl (C=O) groups is 1. The van der Waals surface area contributed by atoms with Crippen molar-refractivity contribution in [3.8, 4) is 0 Å². The second kappa shape index (κ2) is 6.36. The number of nitrogens with one attached hydrogen (secondary N) is 1. The number of alkyl halides is 1. The number of sulfonamides is 1. The van der Waals surface area contributed by atoms with Gasteiger partial charge in [-0.2, -0.15) is 0 Å². The second-order valence-corrected chi connectivity index (χ2v) is 5.30. The Bertz CT molecular complexity index is 284. The fraction of sp³-hybridized carbons (Fsp3) is 0.571. The third-order valence-corrected chi connectivity index (χ3v) is 2.39. The predicted octanol–water partition coefficient (Wildman–Crippen LogP) is 0.834. The zero-order valence-electron chi connectivity index (χ0n) is 7.29. The van der Waals surface area contributed by atoms with Crippen molar-refractivity contribution in [2.24, 2.45) is 0 Å². The monoisotopic (exact) mass is 317 g/mol. The first-order valence-corrected chi connectivity index (χ1v) is 7.11. The van der Waals surface area contributed by atoms with Crippen LogP contribution in [-0.2, 0) is 14.8 Å². The molecule has 0 atom stereocenters. The van der Waals surface area contributed by atoms with E-state index in [0.717, 1.165) is 23.5 Å². The molecule has 0 aromatic carbocycles. The zero-order valence-corrected chi connectivity index (χ0v) is 10.3. The van der Waals surface area contributed by atoms with Crippen molar-refractivity contribution in [1.29, 1.82) is 0 Å². The molecule has 4 nitrogen and oxygen atoms in total. The number of allylic oxidation sites excluding steroid dienone is 1. The topological polar surface area (TPSA) is 63.2 Å². The van der Waals surface area contributed by atoms with Crippen molar-refractivity contribution >= 4 is 38.5 Å².